The first kappa shape index (κ1) is 14.1. The summed E-state index contributed by atoms with van der Waals surface area (Å²) in [6.45, 7) is 1.60. The van der Waals surface area contributed by atoms with Crippen LogP contribution in [0.1, 0.15) is 23.0 Å². The number of para-hydroxylation sites is 1. The van der Waals surface area contributed by atoms with Crippen molar-refractivity contribution in [2.75, 3.05) is 7.11 Å². The fourth-order valence-electron chi connectivity index (χ4n) is 1.89. The summed E-state index contributed by atoms with van der Waals surface area (Å²) < 4.78 is 10.6. The van der Waals surface area contributed by atoms with Crippen molar-refractivity contribution in [3.63, 3.8) is 0 Å². The topological polar surface area (TPSA) is 88.8 Å². The second-order valence-corrected chi connectivity index (χ2v) is 4.37. The molecule has 0 aliphatic rings. The van der Waals surface area contributed by atoms with E-state index in [2.05, 4.69) is 5.32 Å². The lowest BCUT2D eigenvalue weighted by atomic mass is 10.1. The van der Waals surface area contributed by atoms with E-state index in [0.29, 0.717) is 11.1 Å². The number of nitrogens with one attached hydrogen (secondary N) is 1. The number of carboxylic acid groups (broad SMARTS) is 1. The van der Waals surface area contributed by atoms with Crippen LogP contribution in [-0.2, 0) is 16.1 Å². The monoisotopic (exact) mass is 277 g/mol. The zero-order chi connectivity index (χ0) is 14.7. The molecule has 0 fully saturated rings. The molecule has 6 heteroatoms. The molecule has 0 saturated carbocycles. The number of furan rings is 1. The molecule has 2 rings (SSSR count). The maximum Gasteiger partial charge on any atom is 0.325 e. The highest BCUT2D eigenvalue weighted by molar-refractivity contribution is 6.00. The Balaban J connectivity index is 2.39. The summed E-state index contributed by atoms with van der Waals surface area (Å²) in [5, 5.41) is 12.0. The lowest BCUT2D eigenvalue weighted by molar-refractivity contribution is -0.138. The highest BCUT2D eigenvalue weighted by Crippen LogP contribution is 2.26. The Labute approximate surface area is 115 Å². The van der Waals surface area contributed by atoms with Crippen molar-refractivity contribution in [3.8, 4) is 0 Å². The molecule has 0 aliphatic carbocycles. The van der Waals surface area contributed by atoms with Gasteiger partial charge in [-0.3, -0.25) is 9.59 Å². The number of fused-ring (bicyclic) bond motifs is 1. The van der Waals surface area contributed by atoms with Gasteiger partial charge < -0.3 is 19.6 Å². The molecule has 0 aliphatic heterocycles. The molecule has 0 spiro atoms. The minimum atomic E-state index is -1.11. The van der Waals surface area contributed by atoms with Gasteiger partial charge in [-0.25, -0.2) is 0 Å². The molecule has 0 radical (unpaired) electrons. The Morgan fingerprint density at radius 2 is 2.10 bits per heavy atom. The average molecular weight is 277 g/mol. The van der Waals surface area contributed by atoms with Gasteiger partial charge in [0, 0.05) is 18.1 Å². The Kier molecular flexibility index (Phi) is 4.05. The van der Waals surface area contributed by atoms with Crippen molar-refractivity contribution in [1.29, 1.82) is 0 Å². The van der Waals surface area contributed by atoms with Gasteiger partial charge >= 0.3 is 5.97 Å². The summed E-state index contributed by atoms with van der Waals surface area (Å²) in [5.74, 6) is -1.59. The predicted molar refractivity (Wildman–Crippen MR) is 71.5 cm³/mol. The molecular weight excluding hydrogens is 262 g/mol. The Hall–Kier alpha value is -2.34. The van der Waals surface area contributed by atoms with Gasteiger partial charge in [-0.1, -0.05) is 18.2 Å². The first-order chi connectivity index (χ1) is 9.54. The number of carboxylic acids is 1. The van der Waals surface area contributed by atoms with E-state index in [4.69, 9.17) is 14.3 Å². The first-order valence-electron chi connectivity index (χ1n) is 6.07. The number of hydrogen-bond acceptors (Lipinski definition) is 4. The van der Waals surface area contributed by atoms with Crippen LogP contribution in [0.2, 0.25) is 0 Å². The number of carbonyl (C=O) groups is 2. The van der Waals surface area contributed by atoms with E-state index in [1.54, 1.807) is 12.1 Å². The standard InChI is InChI=1S/C14H15NO5/c1-8(14(17)18)15-13(16)12-10(7-19-2)9-5-3-4-6-11(9)20-12/h3-6,8H,7H2,1-2H3,(H,15,16)(H,17,18)/t8-/m0/s1. The SMILES string of the molecule is COCc1c(C(=O)N[C@@H](C)C(=O)O)oc2ccccc12. The van der Waals surface area contributed by atoms with Crippen molar-refractivity contribution < 1.29 is 23.8 Å². The molecule has 2 N–H and O–H groups in total. The molecule has 106 valence electrons. The van der Waals surface area contributed by atoms with Gasteiger partial charge in [0.25, 0.3) is 5.91 Å². The van der Waals surface area contributed by atoms with Crippen molar-refractivity contribution in [2.24, 2.45) is 0 Å². The quantitative estimate of drug-likeness (QED) is 0.869. The number of rotatable bonds is 5. The molecule has 0 unspecified atom stereocenters. The molecule has 0 bridgehead atoms. The van der Waals surface area contributed by atoms with E-state index in [0.717, 1.165) is 5.39 Å². The fourth-order valence-corrected chi connectivity index (χ4v) is 1.89. The fraction of sp³-hybridized carbons (Fsp3) is 0.286. The maximum atomic E-state index is 12.1. The number of methoxy groups -OCH3 is 1. The van der Waals surface area contributed by atoms with Gasteiger partial charge in [-0.15, -0.1) is 0 Å². The van der Waals surface area contributed by atoms with E-state index >= 15 is 0 Å². The molecule has 1 atom stereocenters. The van der Waals surface area contributed by atoms with E-state index in [-0.39, 0.29) is 12.4 Å². The van der Waals surface area contributed by atoms with Gasteiger partial charge in [0.15, 0.2) is 5.76 Å². The van der Waals surface area contributed by atoms with E-state index in [1.807, 2.05) is 12.1 Å². The highest BCUT2D eigenvalue weighted by Gasteiger charge is 2.23. The van der Waals surface area contributed by atoms with Gasteiger partial charge in [-0.2, -0.15) is 0 Å². The normalized spacial score (nSPS) is 12.3. The largest absolute Gasteiger partial charge is 0.480 e. The van der Waals surface area contributed by atoms with Crippen LogP contribution in [0.5, 0.6) is 0 Å². The van der Waals surface area contributed by atoms with Crippen LogP contribution in [0.15, 0.2) is 28.7 Å². The lowest BCUT2D eigenvalue weighted by Gasteiger charge is -2.08. The van der Waals surface area contributed by atoms with Crippen LogP contribution in [0, 0.1) is 0 Å². The molecule has 1 aromatic carbocycles. The van der Waals surface area contributed by atoms with Crippen molar-refractivity contribution in [3.05, 3.63) is 35.6 Å². The summed E-state index contributed by atoms with van der Waals surface area (Å²) in [6, 6.07) is 6.20. The molecule has 6 nitrogen and oxygen atoms in total. The highest BCUT2D eigenvalue weighted by atomic mass is 16.5. The number of amides is 1. The van der Waals surface area contributed by atoms with Crippen LogP contribution >= 0.6 is 0 Å². The van der Waals surface area contributed by atoms with Crippen molar-refractivity contribution in [1.82, 2.24) is 5.32 Å². The van der Waals surface area contributed by atoms with Gasteiger partial charge in [0.1, 0.15) is 11.6 Å². The van der Waals surface area contributed by atoms with Gasteiger partial charge in [-0.05, 0) is 13.0 Å². The number of hydrogen-bond donors (Lipinski definition) is 2. The smallest absolute Gasteiger partial charge is 0.325 e. The number of ether oxygens (including phenoxy) is 1. The molecule has 0 saturated heterocycles. The number of benzene rings is 1. The maximum absolute atomic E-state index is 12.1. The summed E-state index contributed by atoms with van der Waals surface area (Å²) in [7, 11) is 1.52. The van der Waals surface area contributed by atoms with Gasteiger partial charge in [0.2, 0.25) is 0 Å². The third kappa shape index (κ3) is 2.65. The third-order valence-corrected chi connectivity index (χ3v) is 2.91. The molecule has 1 heterocycles. The summed E-state index contributed by atoms with van der Waals surface area (Å²) in [4.78, 5) is 22.9. The van der Waals surface area contributed by atoms with Crippen molar-refractivity contribution in [2.45, 2.75) is 19.6 Å². The predicted octanol–water partition coefficient (Wildman–Crippen LogP) is 1.78. The average Bonchev–Trinajstić information content (AvgIpc) is 2.78. The number of carbonyl (C=O) groups excluding carboxylic acids is 1. The van der Waals surface area contributed by atoms with Crippen LogP contribution < -0.4 is 5.32 Å². The minimum absolute atomic E-state index is 0.0844. The Bertz CT molecular complexity index is 646. The van der Waals surface area contributed by atoms with E-state index in [1.165, 1.54) is 14.0 Å². The molecule has 20 heavy (non-hydrogen) atoms. The summed E-state index contributed by atoms with van der Waals surface area (Å²) in [6.07, 6.45) is 0. The van der Waals surface area contributed by atoms with Crippen molar-refractivity contribution >= 4 is 22.8 Å². The summed E-state index contributed by atoms with van der Waals surface area (Å²) in [5.41, 5.74) is 1.17. The third-order valence-electron chi connectivity index (χ3n) is 2.91. The second kappa shape index (κ2) is 5.75. The Morgan fingerprint density at radius 1 is 1.40 bits per heavy atom. The lowest BCUT2D eigenvalue weighted by Crippen LogP contribution is -2.38. The Morgan fingerprint density at radius 3 is 2.75 bits per heavy atom. The zero-order valence-corrected chi connectivity index (χ0v) is 11.2. The molecule has 1 amide bonds. The minimum Gasteiger partial charge on any atom is -0.480 e. The zero-order valence-electron chi connectivity index (χ0n) is 11.2. The number of aliphatic carboxylic acids is 1. The van der Waals surface area contributed by atoms with E-state index in [9.17, 15) is 9.59 Å². The van der Waals surface area contributed by atoms with Crippen LogP contribution in [0.3, 0.4) is 0 Å². The van der Waals surface area contributed by atoms with Gasteiger partial charge in [0.05, 0.1) is 6.61 Å². The molecule has 2 aromatic rings. The summed E-state index contributed by atoms with van der Waals surface area (Å²) >= 11 is 0. The van der Waals surface area contributed by atoms with Crippen LogP contribution in [0.25, 0.3) is 11.0 Å². The molecule has 1 aromatic heterocycles. The second-order valence-electron chi connectivity index (χ2n) is 4.37. The van der Waals surface area contributed by atoms with Crippen LogP contribution in [-0.4, -0.2) is 30.1 Å². The molecular formula is C14H15NO5. The van der Waals surface area contributed by atoms with Crippen LogP contribution in [0.4, 0.5) is 0 Å². The van der Waals surface area contributed by atoms with E-state index < -0.39 is 17.9 Å². The first-order valence-corrected chi connectivity index (χ1v) is 6.07.